The highest BCUT2D eigenvalue weighted by molar-refractivity contribution is 5.23. The van der Waals surface area contributed by atoms with Crippen LogP contribution in [0.2, 0.25) is 0 Å². The second-order valence-electron chi connectivity index (χ2n) is 4.95. The summed E-state index contributed by atoms with van der Waals surface area (Å²) in [5.74, 6) is 0. The molecule has 0 aliphatic heterocycles. The second-order valence-corrected chi connectivity index (χ2v) is 4.95. The van der Waals surface area contributed by atoms with E-state index in [1.54, 1.807) is 7.11 Å². The van der Waals surface area contributed by atoms with Crippen LogP contribution in [-0.4, -0.2) is 12.6 Å². The maximum Gasteiger partial charge on any atom is 0.0713 e. The van der Waals surface area contributed by atoms with Crippen LogP contribution >= 0.6 is 0 Å². The molecule has 1 N–H and O–H groups in total. The first kappa shape index (κ1) is 15.2. The van der Waals surface area contributed by atoms with Crippen LogP contribution in [0.15, 0.2) is 24.3 Å². The molecule has 102 valence electrons. The molecule has 0 heterocycles. The van der Waals surface area contributed by atoms with Crippen LogP contribution in [0.1, 0.15) is 51.2 Å². The van der Waals surface area contributed by atoms with E-state index in [1.165, 1.54) is 30.4 Å². The lowest BCUT2D eigenvalue weighted by molar-refractivity contribution is 0.185. The Kier molecular flexibility index (Phi) is 6.37. The van der Waals surface area contributed by atoms with E-state index in [2.05, 4.69) is 50.4 Å². The summed E-state index contributed by atoms with van der Waals surface area (Å²) in [6.07, 6.45) is 3.54. The van der Waals surface area contributed by atoms with Crippen LogP contribution in [0.5, 0.6) is 0 Å². The fourth-order valence-electron chi connectivity index (χ4n) is 2.41. The highest BCUT2D eigenvalue weighted by Crippen LogP contribution is 2.20. The van der Waals surface area contributed by atoms with E-state index in [-0.39, 0.29) is 5.54 Å². The molecule has 0 amide bonds. The Balaban J connectivity index is 2.64. The van der Waals surface area contributed by atoms with Crippen LogP contribution in [0, 0.1) is 0 Å². The summed E-state index contributed by atoms with van der Waals surface area (Å²) in [5.41, 5.74) is 2.87. The Labute approximate surface area is 112 Å². The predicted octanol–water partition coefficient (Wildman–Crippen LogP) is 3.89. The van der Waals surface area contributed by atoms with Gasteiger partial charge in [0.05, 0.1) is 6.61 Å². The molecule has 0 spiro atoms. The van der Waals surface area contributed by atoms with Crippen LogP contribution in [0.25, 0.3) is 0 Å². The first-order valence-electron chi connectivity index (χ1n) is 7.01. The Morgan fingerprint density at radius 1 is 1.06 bits per heavy atom. The normalized spacial score (nSPS) is 11.8. The lowest BCUT2D eigenvalue weighted by atomic mass is 9.89. The average molecular weight is 249 g/mol. The van der Waals surface area contributed by atoms with E-state index in [0.717, 1.165) is 6.54 Å². The summed E-state index contributed by atoms with van der Waals surface area (Å²) < 4.78 is 5.17. The average Bonchev–Trinajstić information content (AvgIpc) is 2.42. The van der Waals surface area contributed by atoms with Gasteiger partial charge in [0.25, 0.3) is 0 Å². The Hall–Kier alpha value is -0.860. The van der Waals surface area contributed by atoms with Crippen molar-refractivity contribution >= 4 is 0 Å². The molecule has 1 aromatic rings. The van der Waals surface area contributed by atoms with Gasteiger partial charge in [-0.15, -0.1) is 0 Å². The third-order valence-electron chi connectivity index (χ3n) is 4.00. The van der Waals surface area contributed by atoms with Gasteiger partial charge in [0.15, 0.2) is 0 Å². The Morgan fingerprint density at radius 3 is 2.22 bits per heavy atom. The summed E-state index contributed by atoms with van der Waals surface area (Å²) in [7, 11) is 1.74. The zero-order valence-corrected chi connectivity index (χ0v) is 12.3. The van der Waals surface area contributed by atoms with Crippen molar-refractivity contribution in [2.75, 3.05) is 7.11 Å². The lowest BCUT2D eigenvalue weighted by Gasteiger charge is -2.32. The van der Waals surface area contributed by atoms with Crippen LogP contribution < -0.4 is 5.32 Å². The molecule has 0 saturated heterocycles. The van der Waals surface area contributed by atoms with Gasteiger partial charge in [-0.3, -0.25) is 0 Å². The van der Waals surface area contributed by atoms with E-state index in [0.29, 0.717) is 6.61 Å². The molecule has 1 rings (SSSR count). The van der Waals surface area contributed by atoms with E-state index in [1.807, 2.05) is 0 Å². The summed E-state index contributed by atoms with van der Waals surface area (Å²) in [5, 5.41) is 3.73. The quantitative estimate of drug-likeness (QED) is 0.754. The molecule has 2 nitrogen and oxygen atoms in total. The number of benzene rings is 1. The molecule has 0 bridgehead atoms. The van der Waals surface area contributed by atoms with Gasteiger partial charge in [0.1, 0.15) is 0 Å². The molecule has 2 heteroatoms. The molecule has 0 aliphatic carbocycles. The fourth-order valence-corrected chi connectivity index (χ4v) is 2.41. The molecule has 0 fully saturated rings. The van der Waals surface area contributed by atoms with Crippen molar-refractivity contribution in [3.05, 3.63) is 35.4 Å². The summed E-state index contributed by atoms with van der Waals surface area (Å²) in [4.78, 5) is 0. The zero-order valence-electron chi connectivity index (χ0n) is 12.3. The summed E-state index contributed by atoms with van der Waals surface area (Å²) in [6, 6.07) is 8.62. The molecule has 1 aromatic carbocycles. The van der Waals surface area contributed by atoms with E-state index in [4.69, 9.17) is 4.74 Å². The van der Waals surface area contributed by atoms with Gasteiger partial charge >= 0.3 is 0 Å². The third-order valence-corrected chi connectivity index (χ3v) is 4.00. The van der Waals surface area contributed by atoms with Crippen molar-refractivity contribution in [1.29, 1.82) is 0 Å². The summed E-state index contributed by atoms with van der Waals surface area (Å²) in [6.45, 7) is 8.42. The van der Waals surface area contributed by atoms with E-state index >= 15 is 0 Å². The molecular formula is C16H27NO. The maximum absolute atomic E-state index is 5.17. The molecule has 0 unspecified atom stereocenters. The molecule has 18 heavy (non-hydrogen) atoms. The number of methoxy groups -OCH3 is 1. The van der Waals surface area contributed by atoms with Crippen LogP contribution in [0.3, 0.4) is 0 Å². The molecular weight excluding hydrogens is 222 g/mol. The first-order valence-corrected chi connectivity index (χ1v) is 7.01. The van der Waals surface area contributed by atoms with Crippen LogP contribution in [-0.2, 0) is 17.9 Å². The van der Waals surface area contributed by atoms with Gasteiger partial charge in [0, 0.05) is 19.2 Å². The number of ether oxygens (including phenoxy) is 1. The third kappa shape index (κ3) is 4.11. The van der Waals surface area contributed by atoms with E-state index < -0.39 is 0 Å². The van der Waals surface area contributed by atoms with Crippen molar-refractivity contribution in [3.8, 4) is 0 Å². The van der Waals surface area contributed by atoms with Crippen molar-refractivity contribution in [2.45, 2.75) is 58.7 Å². The molecule has 0 radical (unpaired) electrons. The van der Waals surface area contributed by atoms with Crippen LogP contribution in [0.4, 0.5) is 0 Å². The smallest absolute Gasteiger partial charge is 0.0713 e. The Bertz CT molecular complexity index is 336. The minimum atomic E-state index is 0.289. The van der Waals surface area contributed by atoms with E-state index in [9.17, 15) is 0 Å². The second kappa shape index (κ2) is 7.55. The van der Waals surface area contributed by atoms with Gasteiger partial charge in [-0.1, -0.05) is 45.0 Å². The molecule has 0 atom stereocenters. The van der Waals surface area contributed by atoms with Gasteiger partial charge in [-0.25, -0.2) is 0 Å². The maximum atomic E-state index is 5.17. The standard InChI is InChI=1S/C16H27NO/c1-5-16(6-2,7-3)17-12-14-9-8-10-15(11-14)13-18-4/h8-11,17H,5-7,12-13H2,1-4H3. The van der Waals surface area contributed by atoms with Crippen molar-refractivity contribution < 1.29 is 4.74 Å². The SMILES string of the molecule is CCC(CC)(CC)NCc1cccc(COC)c1. The summed E-state index contributed by atoms with van der Waals surface area (Å²) >= 11 is 0. The zero-order chi connectivity index (χ0) is 13.4. The number of nitrogens with one attached hydrogen (secondary N) is 1. The monoisotopic (exact) mass is 249 g/mol. The largest absolute Gasteiger partial charge is 0.380 e. The highest BCUT2D eigenvalue weighted by Gasteiger charge is 2.22. The predicted molar refractivity (Wildman–Crippen MR) is 77.6 cm³/mol. The first-order chi connectivity index (χ1) is 8.69. The topological polar surface area (TPSA) is 21.3 Å². The van der Waals surface area contributed by atoms with Crippen molar-refractivity contribution in [1.82, 2.24) is 5.32 Å². The van der Waals surface area contributed by atoms with Gasteiger partial charge < -0.3 is 10.1 Å². The van der Waals surface area contributed by atoms with Gasteiger partial charge in [-0.05, 0) is 30.4 Å². The molecule has 0 aliphatic rings. The number of rotatable bonds is 8. The minimum Gasteiger partial charge on any atom is -0.380 e. The van der Waals surface area contributed by atoms with Crippen molar-refractivity contribution in [2.24, 2.45) is 0 Å². The van der Waals surface area contributed by atoms with Crippen molar-refractivity contribution in [3.63, 3.8) is 0 Å². The van der Waals surface area contributed by atoms with Gasteiger partial charge in [-0.2, -0.15) is 0 Å². The Morgan fingerprint density at radius 2 is 1.67 bits per heavy atom. The van der Waals surface area contributed by atoms with Gasteiger partial charge in [0.2, 0.25) is 0 Å². The fraction of sp³-hybridized carbons (Fsp3) is 0.625. The highest BCUT2D eigenvalue weighted by atomic mass is 16.5. The number of hydrogen-bond donors (Lipinski definition) is 1. The molecule has 0 aromatic heterocycles. The minimum absolute atomic E-state index is 0.289. The number of hydrogen-bond acceptors (Lipinski definition) is 2. The lowest BCUT2D eigenvalue weighted by Crippen LogP contribution is -2.43. The molecule has 0 saturated carbocycles.